The fourth-order valence-corrected chi connectivity index (χ4v) is 3.32. The van der Waals surface area contributed by atoms with Crippen molar-refractivity contribution in [1.29, 1.82) is 0 Å². The average Bonchev–Trinajstić information content (AvgIpc) is 2.36. The molecule has 1 aromatic carbocycles. The maximum absolute atomic E-state index is 6.21. The van der Waals surface area contributed by atoms with Crippen molar-refractivity contribution in [1.82, 2.24) is 0 Å². The molecule has 1 aliphatic carbocycles. The van der Waals surface area contributed by atoms with E-state index in [9.17, 15) is 0 Å². The number of rotatable bonds is 3. The molecule has 4 heteroatoms. The summed E-state index contributed by atoms with van der Waals surface area (Å²) in [6, 6.07) is 4.03. The Kier molecular flexibility index (Phi) is 5.06. The van der Waals surface area contributed by atoms with Crippen molar-refractivity contribution >= 4 is 40.5 Å². The van der Waals surface area contributed by atoms with Gasteiger partial charge in [0.05, 0.1) is 20.8 Å². The molecule has 0 aromatic heterocycles. The summed E-state index contributed by atoms with van der Waals surface area (Å²) in [5.41, 5.74) is 0.899. The van der Waals surface area contributed by atoms with Gasteiger partial charge in [0.25, 0.3) is 0 Å². The van der Waals surface area contributed by atoms with Gasteiger partial charge >= 0.3 is 0 Å². The molecule has 18 heavy (non-hydrogen) atoms. The molecule has 1 nitrogen and oxygen atoms in total. The topological polar surface area (TPSA) is 12.0 Å². The largest absolute Gasteiger partial charge is 0.381 e. The van der Waals surface area contributed by atoms with Gasteiger partial charge in [-0.25, -0.2) is 0 Å². The zero-order chi connectivity index (χ0) is 13.1. The van der Waals surface area contributed by atoms with Gasteiger partial charge < -0.3 is 5.32 Å². The van der Waals surface area contributed by atoms with Crippen molar-refractivity contribution in [3.63, 3.8) is 0 Å². The summed E-state index contributed by atoms with van der Waals surface area (Å²) in [5, 5.41) is 5.24. The van der Waals surface area contributed by atoms with E-state index in [0.29, 0.717) is 21.1 Å². The normalized spacial score (nSPS) is 24.0. The lowest BCUT2D eigenvalue weighted by atomic mass is 9.83. The van der Waals surface area contributed by atoms with E-state index in [2.05, 4.69) is 12.2 Å². The smallest absolute Gasteiger partial charge is 0.0653 e. The maximum Gasteiger partial charge on any atom is 0.0653 e. The van der Waals surface area contributed by atoms with Crippen LogP contribution >= 0.6 is 34.8 Å². The standard InChI is InChI=1S/C14H18Cl3N/c1-2-9-5-3-4-6-13(9)18-14-8-11(16)10(15)7-12(14)17/h7-9,13,18H,2-6H2,1H3. The molecule has 1 fully saturated rings. The second kappa shape index (κ2) is 6.36. The van der Waals surface area contributed by atoms with Gasteiger partial charge in [0.1, 0.15) is 0 Å². The summed E-state index contributed by atoms with van der Waals surface area (Å²) in [6.07, 6.45) is 6.33. The van der Waals surface area contributed by atoms with Crippen LogP contribution in [0.2, 0.25) is 15.1 Å². The molecule has 0 radical (unpaired) electrons. The van der Waals surface area contributed by atoms with Gasteiger partial charge in [0.15, 0.2) is 0 Å². The molecule has 1 N–H and O–H groups in total. The van der Waals surface area contributed by atoms with E-state index in [4.69, 9.17) is 34.8 Å². The summed E-state index contributed by atoms with van der Waals surface area (Å²) >= 11 is 18.2. The third-order valence-electron chi connectivity index (χ3n) is 3.78. The first-order chi connectivity index (χ1) is 8.61. The van der Waals surface area contributed by atoms with Gasteiger partial charge in [0.2, 0.25) is 0 Å². The fraction of sp³-hybridized carbons (Fsp3) is 0.571. The first-order valence-electron chi connectivity index (χ1n) is 6.53. The Morgan fingerprint density at radius 3 is 2.44 bits per heavy atom. The van der Waals surface area contributed by atoms with E-state index in [1.807, 2.05) is 6.07 Å². The van der Waals surface area contributed by atoms with Crippen LogP contribution in [-0.4, -0.2) is 6.04 Å². The minimum atomic E-state index is 0.499. The van der Waals surface area contributed by atoms with Gasteiger partial charge in [0, 0.05) is 6.04 Å². The number of hydrogen-bond donors (Lipinski definition) is 1. The lowest BCUT2D eigenvalue weighted by Gasteiger charge is -2.32. The van der Waals surface area contributed by atoms with Crippen molar-refractivity contribution in [2.75, 3.05) is 5.32 Å². The van der Waals surface area contributed by atoms with Crippen molar-refractivity contribution < 1.29 is 0 Å². The van der Waals surface area contributed by atoms with E-state index in [1.165, 1.54) is 32.1 Å². The van der Waals surface area contributed by atoms with Crippen molar-refractivity contribution in [2.24, 2.45) is 5.92 Å². The molecule has 0 heterocycles. The molecule has 1 aliphatic rings. The number of nitrogens with one attached hydrogen (secondary N) is 1. The van der Waals surface area contributed by atoms with Gasteiger partial charge in [-0.2, -0.15) is 0 Å². The summed E-state index contributed by atoms with van der Waals surface area (Å²) in [6.45, 7) is 2.25. The summed E-state index contributed by atoms with van der Waals surface area (Å²) in [7, 11) is 0. The van der Waals surface area contributed by atoms with E-state index in [1.54, 1.807) is 6.07 Å². The van der Waals surface area contributed by atoms with E-state index >= 15 is 0 Å². The SMILES string of the molecule is CCC1CCCCC1Nc1cc(Cl)c(Cl)cc1Cl. The van der Waals surface area contributed by atoms with Crippen LogP contribution in [0.3, 0.4) is 0 Å². The Bertz CT molecular complexity index is 420. The number of anilines is 1. The van der Waals surface area contributed by atoms with Crippen LogP contribution in [0, 0.1) is 5.92 Å². The minimum Gasteiger partial charge on any atom is -0.381 e. The zero-order valence-electron chi connectivity index (χ0n) is 10.5. The summed E-state index contributed by atoms with van der Waals surface area (Å²) < 4.78 is 0. The molecule has 100 valence electrons. The molecule has 1 aromatic rings. The van der Waals surface area contributed by atoms with Crippen LogP contribution in [0.5, 0.6) is 0 Å². The van der Waals surface area contributed by atoms with E-state index in [-0.39, 0.29) is 0 Å². The van der Waals surface area contributed by atoms with Gasteiger partial charge in [-0.05, 0) is 30.9 Å². The number of hydrogen-bond acceptors (Lipinski definition) is 1. The maximum atomic E-state index is 6.21. The minimum absolute atomic E-state index is 0.499. The Hall–Kier alpha value is -0.110. The van der Waals surface area contributed by atoms with Crippen LogP contribution in [-0.2, 0) is 0 Å². The summed E-state index contributed by atoms with van der Waals surface area (Å²) in [5.74, 6) is 0.726. The molecule has 1 saturated carbocycles. The van der Waals surface area contributed by atoms with Crippen LogP contribution in [0.4, 0.5) is 5.69 Å². The van der Waals surface area contributed by atoms with E-state index in [0.717, 1.165) is 11.6 Å². The second-order valence-electron chi connectivity index (χ2n) is 4.95. The predicted octanol–water partition coefficient (Wildman–Crippen LogP) is 6.03. The second-order valence-corrected chi connectivity index (χ2v) is 6.17. The zero-order valence-corrected chi connectivity index (χ0v) is 12.7. The highest BCUT2D eigenvalue weighted by atomic mass is 35.5. The number of benzene rings is 1. The molecule has 0 spiro atoms. The average molecular weight is 307 g/mol. The Morgan fingerprint density at radius 2 is 1.72 bits per heavy atom. The van der Waals surface area contributed by atoms with Gasteiger partial charge in [-0.1, -0.05) is 61.0 Å². The van der Waals surface area contributed by atoms with Crippen LogP contribution in [0.1, 0.15) is 39.0 Å². The summed E-state index contributed by atoms with van der Waals surface area (Å²) in [4.78, 5) is 0. The van der Waals surface area contributed by atoms with Crippen LogP contribution in [0.15, 0.2) is 12.1 Å². The first-order valence-corrected chi connectivity index (χ1v) is 7.66. The molecule has 0 aliphatic heterocycles. The molecule has 0 saturated heterocycles. The van der Waals surface area contributed by atoms with E-state index < -0.39 is 0 Å². The first kappa shape index (κ1) is 14.3. The Morgan fingerprint density at radius 1 is 1.06 bits per heavy atom. The molecular formula is C14H18Cl3N. The highest BCUT2D eigenvalue weighted by molar-refractivity contribution is 6.44. The monoisotopic (exact) mass is 305 g/mol. The molecular weight excluding hydrogens is 289 g/mol. The van der Waals surface area contributed by atoms with Crippen LogP contribution in [0.25, 0.3) is 0 Å². The molecule has 0 amide bonds. The molecule has 2 rings (SSSR count). The third kappa shape index (κ3) is 3.26. The molecule has 2 unspecified atom stereocenters. The Balaban J connectivity index is 2.15. The number of halogens is 3. The predicted molar refractivity (Wildman–Crippen MR) is 81.1 cm³/mol. The Labute approximate surface area is 124 Å². The van der Waals surface area contributed by atoms with Gasteiger partial charge in [-0.15, -0.1) is 0 Å². The highest BCUT2D eigenvalue weighted by Gasteiger charge is 2.24. The highest BCUT2D eigenvalue weighted by Crippen LogP contribution is 2.35. The van der Waals surface area contributed by atoms with Crippen molar-refractivity contribution in [2.45, 2.75) is 45.1 Å². The van der Waals surface area contributed by atoms with Crippen LogP contribution < -0.4 is 5.32 Å². The quantitative estimate of drug-likeness (QED) is 0.672. The molecule has 2 atom stereocenters. The fourth-order valence-electron chi connectivity index (χ4n) is 2.72. The van der Waals surface area contributed by atoms with Crippen molar-refractivity contribution in [3.05, 3.63) is 27.2 Å². The van der Waals surface area contributed by atoms with Crippen molar-refractivity contribution in [3.8, 4) is 0 Å². The van der Waals surface area contributed by atoms with Gasteiger partial charge in [-0.3, -0.25) is 0 Å². The molecule has 0 bridgehead atoms. The lowest BCUT2D eigenvalue weighted by Crippen LogP contribution is -2.31. The third-order valence-corrected chi connectivity index (χ3v) is 4.82. The lowest BCUT2D eigenvalue weighted by molar-refractivity contribution is 0.317.